The smallest absolute Gasteiger partial charge is 0.349 e. The van der Waals surface area contributed by atoms with Crippen LogP contribution in [0, 0.1) is 6.92 Å². The van der Waals surface area contributed by atoms with Crippen molar-refractivity contribution in [2.24, 2.45) is 7.05 Å². The van der Waals surface area contributed by atoms with Gasteiger partial charge < -0.3 is 9.15 Å². The van der Waals surface area contributed by atoms with Gasteiger partial charge in [-0.1, -0.05) is 18.5 Å². The third-order valence-corrected chi connectivity index (χ3v) is 6.21. The number of rotatable bonds is 3. The Morgan fingerprint density at radius 1 is 1.26 bits per heavy atom. The number of aryl methyl sites for hydroxylation is 2. The van der Waals surface area contributed by atoms with Crippen molar-refractivity contribution in [2.75, 3.05) is 0 Å². The van der Waals surface area contributed by atoms with E-state index in [1.807, 2.05) is 27.1 Å². The highest BCUT2D eigenvalue weighted by atomic mass is 35.5. The average Bonchev–Trinajstić information content (AvgIpc) is 3.31. The molecule has 0 bridgehead atoms. The van der Waals surface area contributed by atoms with Crippen LogP contribution in [-0.4, -0.2) is 36.5 Å². The van der Waals surface area contributed by atoms with E-state index in [1.54, 1.807) is 21.5 Å². The van der Waals surface area contributed by atoms with Gasteiger partial charge in [0.05, 0.1) is 24.1 Å². The summed E-state index contributed by atoms with van der Waals surface area (Å²) in [6.45, 7) is 6.00. The van der Waals surface area contributed by atoms with Crippen LogP contribution in [0.5, 0.6) is 0 Å². The number of furan rings is 1. The molecule has 5 heterocycles. The lowest BCUT2D eigenvalue weighted by molar-refractivity contribution is -0.0594. The average molecular weight is 442 g/mol. The molecule has 0 radical (unpaired) electrons. The molecule has 0 saturated carbocycles. The number of pyridine rings is 1. The number of nitrogens with zero attached hydrogens (tertiary/aromatic N) is 5. The van der Waals surface area contributed by atoms with Gasteiger partial charge in [-0.15, -0.1) is 0 Å². The summed E-state index contributed by atoms with van der Waals surface area (Å²) in [5, 5.41) is 5.36. The lowest BCUT2D eigenvalue weighted by atomic mass is 9.97. The van der Waals surface area contributed by atoms with E-state index >= 15 is 0 Å². The highest BCUT2D eigenvalue weighted by Crippen LogP contribution is 2.39. The molecule has 3 atom stereocenters. The van der Waals surface area contributed by atoms with Crippen LogP contribution >= 0.6 is 11.6 Å². The van der Waals surface area contributed by atoms with Crippen LogP contribution in [0.25, 0.3) is 33.3 Å². The fourth-order valence-electron chi connectivity index (χ4n) is 4.67. The normalized spacial score (nSPS) is 21.9. The molecule has 8 nitrogen and oxygen atoms in total. The summed E-state index contributed by atoms with van der Waals surface area (Å²) in [6, 6.07) is 1.71. The highest BCUT2D eigenvalue weighted by molar-refractivity contribution is 6.30. The van der Waals surface area contributed by atoms with Gasteiger partial charge in [0.15, 0.2) is 11.2 Å². The zero-order valence-corrected chi connectivity index (χ0v) is 18.7. The first kappa shape index (κ1) is 20.2. The summed E-state index contributed by atoms with van der Waals surface area (Å²) >= 11 is 6.30. The van der Waals surface area contributed by atoms with Crippen molar-refractivity contribution in [1.82, 2.24) is 24.3 Å². The maximum absolute atomic E-state index is 13.4. The molecule has 0 aromatic carbocycles. The van der Waals surface area contributed by atoms with Crippen molar-refractivity contribution in [3.63, 3.8) is 0 Å². The molecule has 9 heteroatoms. The van der Waals surface area contributed by atoms with Crippen molar-refractivity contribution >= 4 is 33.7 Å². The highest BCUT2D eigenvalue weighted by Gasteiger charge is 2.31. The van der Waals surface area contributed by atoms with Gasteiger partial charge in [0.1, 0.15) is 16.4 Å². The Hall–Kier alpha value is -2.71. The Labute approximate surface area is 183 Å². The third kappa shape index (κ3) is 3.34. The Balaban J connectivity index is 1.86. The van der Waals surface area contributed by atoms with Crippen LogP contribution in [0.3, 0.4) is 0 Å². The van der Waals surface area contributed by atoms with Crippen LogP contribution in [0.1, 0.15) is 44.8 Å². The van der Waals surface area contributed by atoms with Gasteiger partial charge in [0.25, 0.3) is 0 Å². The van der Waals surface area contributed by atoms with Crippen molar-refractivity contribution < 1.29 is 9.15 Å². The number of halogens is 1. The molecule has 0 spiro atoms. The van der Waals surface area contributed by atoms with Gasteiger partial charge in [0.2, 0.25) is 0 Å². The maximum Gasteiger partial charge on any atom is 0.349 e. The molecule has 31 heavy (non-hydrogen) atoms. The standard InChI is InChI=1S/C22H24ClN5O3/c1-5-15-7-14(6-11(2)30-15)28-19-16-8-17(23)25-12(3)20(16)31-21(19)18(26-22(28)29)13-9-24-27(4)10-13/h8-11,14-15H,5-7H2,1-4H3/t11-,14+,15+/m1/s1. The molecule has 0 unspecified atom stereocenters. The predicted octanol–water partition coefficient (Wildman–Crippen LogP) is 4.42. The van der Waals surface area contributed by atoms with E-state index in [9.17, 15) is 4.79 Å². The molecule has 4 aromatic rings. The van der Waals surface area contributed by atoms with Crippen LogP contribution in [0.15, 0.2) is 27.7 Å². The van der Waals surface area contributed by atoms with Gasteiger partial charge in [-0.25, -0.2) is 9.78 Å². The Kier molecular flexibility index (Phi) is 4.86. The molecular weight excluding hydrogens is 418 g/mol. The quantitative estimate of drug-likeness (QED) is 0.437. The van der Waals surface area contributed by atoms with E-state index in [4.69, 9.17) is 20.8 Å². The Bertz CT molecular complexity index is 1350. The zero-order valence-electron chi connectivity index (χ0n) is 17.9. The Morgan fingerprint density at radius 3 is 2.77 bits per heavy atom. The van der Waals surface area contributed by atoms with Crippen LogP contribution in [-0.2, 0) is 11.8 Å². The minimum Gasteiger partial charge on any atom is -0.450 e. The largest absolute Gasteiger partial charge is 0.450 e. The summed E-state index contributed by atoms with van der Waals surface area (Å²) in [4.78, 5) is 22.2. The molecule has 4 aromatic heterocycles. The Morgan fingerprint density at radius 2 is 2.06 bits per heavy atom. The van der Waals surface area contributed by atoms with Gasteiger partial charge in [-0.3, -0.25) is 9.25 Å². The van der Waals surface area contributed by atoms with E-state index in [0.29, 0.717) is 33.2 Å². The second kappa shape index (κ2) is 7.46. The van der Waals surface area contributed by atoms with E-state index in [2.05, 4.69) is 22.0 Å². The molecule has 162 valence electrons. The van der Waals surface area contributed by atoms with E-state index in [0.717, 1.165) is 30.2 Å². The fraction of sp³-hybridized carbons (Fsp3) is 0.455. The number of aromatic nitrogens is 5. The number of fused-ring (bicyclic) bond motifs is 3. The van der Waals surface area contributed by atoms with Crippen LogP contribution in [0.4, 0.5) is 0 Å². The topological polar surface area (TPSA) is 88.0 Å². The van der Waals surface area contributed by atoms with Crippen LogP contribution in [0.2, 0.25) is 5.15 Å². The molecule has 1 aliphatic rings. The summed E-state index contributed by atoms with van der Waals surface area (Å²) in [7, 11) is 1.82. The lowest BCUT2D eigenvalue weighted by Gasteiger charge is -2.34. The summed E-state index contributed by atoms with van der Waals surface area (Å²) < 4.78 is 15.8. The number of hydrogen-bond donors (Lipinski definition) is 0. The molecule has 1 fully saturated rings. The second-order valence-electron chi connectivity index (χ2n) is 8.30. The first-order valence-corrected chi connectivity index (χ1v) is 10.9. The molecule has 0 amide bonds. The monoisotopic (exact) mass is 441 g/mol. The molecule has 0 aliphatic carbocycles. The molecule has 0 N–H and O–H groups in total. The summed E-state index contributed by atoms with van der Waals surface area (Å²) in [6.07, 6.45) is 6.01. The minimum absolute atomic E-state index is 0.0489. The number of hydrogen-bond acceptors (Lipinski definition) is 6. The van der Waals surface area contributed by atoms with Crippen molar-refractivity contribution in [3.8, 4) is 11.3 Å². The van der Waals surface area contributed by atoms with Gasteiger partial charge in [-0.2, -0.15) is 10.1 Å². The molecule has 5 rings (SSSR count). The SMILES string of the molecule is CC[C@H]1C[C@@H](n2c(=O)nc(-c3cnn(C)c3)c3oc4c(C)nc(Cl)cc4c32)C[C@@H](C)O1. The third-order valence-electron chi connectivity index (χ3n) is 6.02. The first-order valence-electron chi connectivity index (χ1n) is 10.5. The van der Waals surface area contributed by atoms with Crippen molar-refractivity contribution in [3.05, 3.63) is 39.8 Å². The van der Waals surface area contributed by atoms with Crippen molar-refractivity contribution in [1.29, 1.82) is 0 Å². The zero-order chi connectivity index (χ0) is 21.9. The molecular formula is C22H24ClN5O3. The minimum atomic E-state index is -0.311. The van der Waals surface area contributed by atoms with Crippen molar-refractivity contribution in [2.45, 2.75) is 58.3 Å². The summed E-state index contributed by atoms with van der Waals surface area (Å²) in [5.74, 6) is 0. The number of ether oxygens (including phenoxy) is 1. The van der Waals surface area contributed by atoms with E-state index in [1.165, 1.54) is 0 Å². The predicted molar refractivity (Wildman–Crippen MR) is 118 cm³/mol. The maximum atomic E-state index is 13.4. The molecule has 1 saturated heterocycles. The molecule has 1 aliphatic heterocycles. The van der Waals surface area contributed by atoms with E-state index < -0.39 is 0 Å². The summed E-state index contributed by atoms with van der Waals surface area (Å²) in [5.41, 5.74) is 3.41. The second-order valence-corrected chi connectivity index (χ2v) is 8.69. The van der Waals surface area contributed by atoms with Crippen LogP contribution < -0.4 is 5.69 Å². The van der Waals surface area contributed by atoms with Gasteiger partial charge in [-0.05, 0) is 39.2 Å². The fourth-order valence-corrected chi connectivity index (χ4v) is 4.91. The van der Waals surface area contributed by atoms with Gasteiger partial charge in [0, 0.05) is 30.2 Å². The van der Waals surface area contributed by atoms with E-state index in [-0.39, 0.29) is 23.9 Å². The first-order chi connectivity index (χ1) is 14.9. The lowest BCUT2D eigenvalue weighted by Crippen LogP contribution is -2.37. The van der Waals surface area contributed by atoms with Gasteiger partial charge >= 0.3 is 5.69 Å².